The normalized spacial score (nSPS) is 19.8. The van der Waals surface area contributed by atoms with Crippen LogP contribution < -0.4 is 5.73 Å². The highest BCUT2D eigenvalue weighted by Gasteiger charge is 2.34. The van der Waals surface area contributed by atoms with Gasteiger partial charge in [0.05, 0.1) is 0 Å². The van der Waals surface area contributed by atoms with E-state index in [1.54, 1.807) is 0 Å². The quantitative estimate of drug-likeness (QED) is 0.794. The van der Waals surface area contributed by atoms with Crippen molar-refractivity contribution >= 4 is 0 Å². The number of nitrogens with zero attached hydrogens (tertiary/aromatic N) is 1. The SMILES string of the molecule is NCCC1(c2cccnc2)CCCC1. The van der Waals surface area contributed by atoms with Gasteiger partial charge in [0.1, 0.15) is 0 Å². The molecule has 76 valence electrons. The minimum absolute atomic E-state index is 0.350. The number of rotatable bonds is 3. The molecule has 1 fully saturated rings. The van der Waals surface area contributed by atoms with Gasteiger partial charge < -0.3 is 5.73 Å². The molecule has 0 radical (unpaired) electrons. The Balaban J connectivity index is 2.27. The first-order valence-electron chi connectivity index (χ1n) is 5.48. The van der Waals surface area contributed by atoms with Crippen molar-refractivity contribution in [3.8, 4) is 0 Å². The molecule has 0 spiro atoms. The highest BCUT2D eigenvalue weighted by atomic mass is 14.6. The van der Waals surface area contributed by atoms with Gasteiger partial charge in [-0.3, -0.25) is 4.98 Å². The average Bonchev–Trinajstić information content (AvgIpc) is 2.70. The first-order valence-corrected chi connectivity index (χ1v) is 5.48. The Kier molecular flexibility index (Phi) is 2.82. The molecular formula is C12H18N2. The lowest BCUT2D eigenvalue weighted by Crippen LogP contribution is -2.25. The zero-order valence-electron chi connectivity index (χ0n) is 8.58. The maximum Gasteiger partial charge on any atom is 0.0305 e. The molecule has 2 nitrogen and oxygen atoms in total. The maximum atomic E-state index is 5.71. The Bertz CT molecular complexity index is 276. The molecule has 0 amide bonds. The summed E-state index contributed by atoms with van der Waals surface area (Å²) in [6.07, 6.45) is 10.2. The molecule has 0 aromatic carbocycles. The van der Waals surface area contributed by atoms with E-state index in [2.05, 4.69) is 11.1 Å². The van der Waals surface area contributed by atoms with E-state index in [0.717, 1.165) is 13.0 Å². The molecule has 1 aromatic rings. The van der Waals surface area contributed by atoms with Crippen LogP contribution in [-0.2, 0) is 5.41 Å². The van der Waals surface area contributed by atoms with E-state index in [-0.39, 0.29) is 0 Å². The van der Waals surface area contributed by atoms with Gasteiger partial charge in [0, 0.05) is 12.4 Å². The van der Waals surface area contributed by atoms with Gasteiger partial charge in [0.2, 0.25) is 0 Å². The lowest BCUT2D eigenvalue weighted by molar-refractivity contribution is 0.410. The molecule has 0 bridgehead atoms. The summed E-state index contributed by atoms with van der Waals surface area (Å²) in [7, 11) is 0. The number of hydrogen-bond acceptors (Lipinski definition) is 2. The Hall–Kier alpha value is -0.890. The van der Waals surface area contributed by atoms with E-state index in [9.17, 15) is 0 Å². The summed E-state index contributed by atoms with van der Waals surface area (Å²) in [5.74, 6) is 0. The molecule has 2 N–H and O–H groups in total. The summed E-state index contributed by atoms with van der Waals surface area (Å²) in [6, 6.07) is 4.24. The van der Waals surface area contributed by atoms with Gasteiger partial charge in [-0.25, -0.2) is 0 Å². The first kappa shape index (κ1) is 9.66. The molecule has 0 aliphatic heterocycles. The molecule has 0 saturated heterocycles. The summed E-state index contributed by atoms with van der Waals surface area (Å²) in [4.78, 5) is 4.22. The summed E-state index contributed by atoms with van der Waals surface area (Å²) in [5.41, 5.74) is 7.45. The molecule has 0 atom stereocenters. The van der Waals surface area contributed by atoms with Crippen LogP contribution in [0.4, 0.5) is 0 Å². The highest BCUT2D eigenvalue weighted by Crippen LogP contribution is 2.43. The van der Waals surface area contributed by atoms with Crippen molar-refractivity contribution in [2.45, 2.75) is 37.5 Å². The second-order valence-corrected chi connectivity index (χ2v) is 4.27. The van der Waals surface area contributed by atoms with Gasteiger partial charge in [-0.05, 0) is 42.9 Å². The molecule has 2 heteroatoms. The third-order valence-corrected chi connectivity index (χ3v) is 3.46. The van der Waals surface area contributed by atoms with Gasteiger partial charge in [0.15, 0.2) is 0 Å². The van der Waals surface area contributed by atoms with Crippen LogP contribution in [0.15, 0.2) is 24.5 Å². The van der Waals surface area contributed by atoms with E-state index >= 15 is 0 Å². The van der Waals surface area contributed by atoms with Gasteiger partial charge in [-0.15, -0.1) is 0 Å². The van der Waals surface area contributed by atoms with Crippen LogP contribution >= 0.6 is 0 Å². The lowest BCUT2D eigenvalue weighted by atomic mass is 9.77. The lowest BCUT2D eigenvalue weighted by Gasteiger charge is -2.28. The van der Waals surface area contributed by atoms with Gasteiger partial charge in [0.25, 0.3) is 0 Å². The predicted octanol–water partition coefficient (Wildman–Crippen LogP) is 2.24. The fourth-order valence-electron chi connectivity index (χ4n) is 2.69. The van der Waals surface area contributed by atoms with Crippen LogP contribution in [0.5, 0.6) is 0 Å². The zero-order valence-corrected chi connectivity index (χ0v) is 8.58. The van der Waals surface area contributed by atoms with E-state index in [4.69, 9.17) is 5.73 Å². The monoisotopic (exact) mass is 190 g/mol. The number of pyridine rings is 1. The third kappa shape index (κ3) is 1.67. The van der Waals surface area contributed by atoms with Gasteiger partial charge >= 0.3 is 0 Å². The molecule has 1 aromatic heterocycles. The molecule has 1 saturated carbocycles. The van der Waals surface area contributed by atoms with Crippen molar-refractivity contribution in [1.29, 1.82) is 0 Å². The number of hydrogen-bond donors (Lipinski definition) is 1. The molecule has 1 heterocycles. The Morgan fingerprint density at radius 1 is 1.36 bits per heavy atom. The predicted molar refractivity (Wildman–Crippen MR) is 58.1 cm³/mol. The molecule has 14 heavy (non-hydrogen) atoms. The Morgan fingerprint density at radius 2 is 2.14 bits per heavy atom. The van der Waals surface area contributed by atoms with Crippen LogP contribution in [0.1, 0.15) is 37.7 Å². The molecular weight excluding hydrogens is 172 g/mol. The maximum absolute atomic E-state index is 5.71. The average molecular weight is 190 g/mol. The van der Waals surface area contributed by atoms with Crippen molar-refractivity contribution < 1.29 is 0 Å². The van der Waals surface area contributed by atoms with Gasteiger partial charge in [-0.2, -0.15) is 0 Å². The molecule has 0 unspecified atom stereocenters. The van der Waals surface area contributed by atoms with E-state index in [0.29, 0.717) is 5.41 Å². The minimum atomic E-state index is 0.350. The molecule has 1 aliphatic carbocycles. The van der Waals surface area contributed by atoms with E-state index in [1.165, 1.54) is 31.2 Å². The smallest absolute Gasteiger partial charge is 0.0305 e. The van der Waals surface area contributed by atoms with Crippen molar-refractivity contribution in [2.24, 2.45) is 5.73 Å². The second-order valence-electron chi connectivity index (χ2n) is 4.27. The van der Waals surface area contributed by atoms with Crippen molar-refractivity contribution in [3.63, 3.8) is 0 Å². The summed E-state index contributed by atoms with van der Waals surface area (Å²) in [5, 5.41) is 0. The summed E-state index contributed by atoms with van der Waals surface area (Å²) < 4.78 is 0. The topological polar surface area (TPSA) is 38.9 Å². The van der Waals surface area contributed by atoms with Crippen LogP contribution in [0, 0.1) is 0 Å². The van der Waals surface area contributed by atoms with E-state index in [1.807, 2.05) is 18.5 Å². The minimum Gasteiger partial charge on any atom is -0.330 e. The fraction of sp³-hybridized carbons (Fsp3) is 0.583. The summed E-state index contributed by atoms with van der Waals surface area (Å²) >= 11 is 0. The molecule has 1 aliphatic rings. The number of nitrogens with two attached hydrogens (primary N) is 1. The fourth-order valence-corrected chi connectivity index (χ4v) is 2.69. The third-order valence-electron chi connectivity index (χ3n) is 3.46. The molecule has 2 rings (SSSR count). The largest absolute Gasteiger partial charge is 0.330 e. The Morgan fingerprint density at radius 3 is 2.71 bits per heavy atom. The highest BCUT2D eigenvalue weighted by molar-refractivity contribution is 5.23. The van der Waals surface area contributed by atoms with Crippen LogP contribution in [-0.4, -0.2) is 11.5 Å². The van der Waals surface area contributed by atoms with Gasteiger partial charge in [-0.1, -0.05) is 18.9 Å². The van der Waals surface area contributed by atoms with Crippen molar-refractivity contribution in [3.05, 3.63) is 30.1 Å². The summed E-state index contributed by atoms with van der Waals surface area (Å²) in [6.45, 7) is 0.787. The van der Waals surface area contributed by atoms with Crippen molar-refractivity contribution in [1.82, 2.24) is 4.98 Å². The standard InChI is InChI=1S/C12H18N2/c13-8-7-12(5-1-2-6-12)11-4-3-9-14-10-11/h3-4,9-10H,1-2,5-8,13H2. The zero-order chi connectivity index (χ0) is 9.86. The van der Waals surface area contributed by atoms with Crippen LogP contribution in [0.2, 0.25) is 0 Å². The van der Waals surface area contributed by atoms with E-state index < -0.39 is 0 Å². The second kappa shape index (κ2) is 4.09. The van der Waals surface area contributed by atoms with Crippen LogP contribution in [0.25, 0.3) is 0 Å². The Labute approximate surface area is 85.5 Å². The number of aromatic nitrogens is 1. The van der Waals surface area contributed by atoms with Crippen LogP contribution in [0.3, 0.4) is 0 Å². The first-order chi connectivity index (χ1) is 6.87. The van der Waals surface area contributed by atoms with Crippen molar-refractivity contribution in [2.75, 3.05) is 6.54 Å².